The third-order valence-electron chi connectivity index (χ3n) is 6.07. The quantitative estimate of drug-likeness (QED) is 0.312. The Morgan fingerprint density at radius 3 is 2.57 bits per heavy atom. The van der Waals surface area contributed by atoms with Gasteiger partial charge in [0, 0.05) is 45.2 Å². The predicted molar refractivity (Wildman–Crippen MR) is 123 cm³/mol. The molecule has 0 spiro atoms. The molecule has 1 fully saturated rings. The van der Waals surface area contributed by atoms with Crippen molar-refractivity contribution in [3.63, 3.8) is 0 Å². The molecule has 0 atom stereocenters. The number of carbonyl (C=O) groups is 1. The molecular formula is C24H30N2O3S. The van der Waals surface area contributed by atoms with Gasteiger partial charge in [0.05, 0.1) is 6.61 Å². The van der Waals surface area contributed by atoms with Crippen molar-refractivity contribution in [3.05, 3.63) is 60.3 Å². The van der Waals surface area contributed by atoms with Crippen molar-refractivity contribution in [1.82, 2.24) is 9.29 Å². The van der Waals surface area contributed by atoms with Gasteiger partial charge in [-0.3, -0.25) is 9.00 Å². The first-order valence-electron chi connectivity index (χ1n) is 10.8. The van der Waals surface area contributed by atoms with E-state index in [2.05, 4.69) is 36.3 Å². The summed E-state index contributed by atoms with van der Waals surface area (Å²) in [6, 6.07) is 15.5. The summed E-state index contributed by atoms with van der Waals surface area (Å²) < 4.78 is 21.2. The Bertz CT molecular complexity index is 1040. The predicted octanol–water partition coefficient (Wildman–Crippen LogP) is 4.71. The molecular weight excluding hydrogens is 396 g/mol. The summed E-state index contributed by atoms with van der Waals surface area (Å²) in [5, 5.41) is 1.26. The van der Waals surface area contributed by atoms with Crippen molar-refractivity contribution in [2.24, 2.45) is 0 Å². The average molecular weight is 427 g/mol. The van der Waals surface area contributed by atoms with Crippen molar-refractivity contribution in [1.29, 1.82) is 0 Å². The molecule has 6 heteroatoms. The Kier molecular flexibility index (Phi) is 6.35. The van der Waals surface area contributed by atoms with E-state index in [9.17, 15) is 9.00 Å². The molecule has 0 saturated carbocycles. The van der Waals surface area contributed by atoms with Gasteiger partial charge >= 0.3 is 0 Å². The Morgan fingerprint density at radius 2 is 1.87 bits per heavy atom. The summed E-state index contributed by atoms with van der Waals surface area (Å²) in [4.78, 5) is 15.9. The van der Waals surface area contributed by atoms with E-state index >= 15 is 0 Å². The minimum Gasteiger partial charge on any atom is -0.494 e. The van der Waals surface area contributed by atoms with Crippen molar-refractivity contribution in [2.75, 3.05) is 19.7 Å². The number of hydrogen-bond acceptors (Lipinski definition) is 3. The van der Waals surface area contributed by atoms with Gasteiger partial charge in [0.2, 0.25) is 0 Å². The molecule has 1 aromatic heterocycles. The zero-order valence-electron chi connectivity index (χ0n) is 17.4. The summed E-state index contributed by atoms with van der Waals surface area (Å²) in [6.07, 6.45) is 5.95. The van der Waals surface area contributed by atoms with E-state index < -0.39 is 10.1 Å². The largest absolute Gasteiger partial charge is 0.494 e. The van der Waals surface area contributed by atoms with Crippen LogP contribution in [0.2, 0.25) is 0 Å². The molecule has 5 nitrogen and oxygen atoms in total. The summed E-state index contributed by atoms with van der Waals surface area (Å²) >= 11 is 0. The topological polar surface area (TPSA) is 62.4 Å². The highest BCUT2D eigenvalue weighted by atomic mass is 32.3. The molecule has 3 aromatic rings. The van der Waals surface area contributed by atoms with Crippen LogP contribution in [0.1, 0.15) is 44.1 Å². The first-order chi connectivity index (χ1) is 14.7. The number of carbonyl (C=O) groups excluding carboxylic acids is 1. The molecule has 0 bridgehead atoms. The highest BCUT2D eigenvalue weighted by molar-refractivity contribution is 8.13. The fraction of sp³-hybridized carbons (Fsp3) is 0.375. The first-order valence-corrected chi connectivity index (χ1v) is 12.5. The second kappa shape index (κ2) is 9.14. The standard InChI is InChI=1S/C24H30N2O3S/c1-2-3-16-29-20-8-10-21(11-9-20)30(28,18-27)26-14-12-19(13-15-26)23-17-25-24-7-5-4-6-22(23)24/h4-11,17-19,25,30H,2-3,12-16H2,1H3. The highest BCUT2D eigenvalue weighted by Crippen LogP contribution is 2.36. The minimum absolute atomic E-state index is 0.409. The Hall–Kier alpha value is -2.44. The molecule has 4 rings (SSSR count). The van der Waals surface area contributed by atoms with Crippen molar-refractivity contribution >= 4 is 26.6 Å². The number of aromatic nitrogens is 1. The number of benzene rings is 2. The molecule has 0 radical (unpaired) electrons. The van der Waals surface area contributed by atoms with Gasteiger partial charge in [0.1, 0.15) is 5.75 Å². The molecule has 1 aliphatic rings. The van der Waals surface area contributed by atoms with Gasteiger partial charge in [0.25, 0.3) is 0 Å². The van der Waals surface area contributed by atoms with E-state index in [0.717, 1.165) is 36.9 Å². The molecule has 0 unspecified atom stereocenters. The van der Waals surface area contributed by atoms with Crippen LogP contribution in [0.3, 0.4) is 0 Å². The molecule has 1 aliphatic heterocycles. The van der Waals surface area contributed by atoms with Gasteiger partial charge in [-0.05, 0) is 61.1 Å². The fourth-order valence-electron chi connectivity index (χ4n) is 4.29. The van der Waals surface area contributed by atoms with Gasteiger partial charge in [-0.2, -0.15) is 0 Å². The van der Waals surface area contributed by atoms with Crippen LogP contribution in [0.15, 0.2) is 59.6 Å². The van der Waals surface area contributed by atoms with Crippen LogP contribution in [0.4, 0.5) is 0 Å². The second-order valence-electron chi connectivity index (χ2n) is 7.94. The molecule has 1 saturated heterocycles. The number of para-hydroxylation sites is 1. The van der Waals surface area contributed by atoms with E-state index in [1.807, 2.05) is 22.5 Å². The van der Waals surface area contributed by atoms with Crippen LogP contribution in [0.25, 0.3) is 10.9 Å². The zero-order chi connectivity index (χ0) is 21.0. The van der Waals surface area contributed by atoms with Crippen LogP contribution < -0.4 is 4.74 Å². The number of thiol groups is 1. The van der Waals surface area contributed by atoms with E-state index in [1.54, 1.807) is 12.1 Å². The molecule has 2 aromatic carbocycles. The number of fused-ring (bicyclic) bond motifs is 1. The van der Waals surface area contributed by atoms with Crippen LogP contribution in [0, 0.1) is 0 Å². The maximum absolute atomic E-state index is 13.6. The van der Waals surface area contributed by atoms with Crippen molar-refractivity contribution < 1.29 is 13.7 Å². The first kappa shape index (κ1) is 20.8. The molecule has 0 amide bonds. The third-order valence-corrected chi connectivity index (χ3v) is 8.63. The van der Waals surface area contributed by atoms with E-state index in [4.69, 9.17) is 4.74 Å². The number of rotatable bonds is 8. The number of piperidine rings is 1. The highest BCUT2D eigenvalue weighted by Gasteiger charge is 2.31. The molecule has 160 valence electrons. The van der Waals surface area contributed by atoms with Crippen molar-refractivity contribution in [2.45, 2.75) is 43.4 Å². The SMILES string of the molecule is CCCCOc1ccc([SH](=O)(C=O)N2CCC(c3c[nH]c4ccccc34)CC2)cc1. The molecule has 2 heterocycles. The number of ether oxygens (including phenoxy) is 1. The van der Waals surface area contributed by atoms with E-state index in [-0.39, 0.29) is 0 Å². The number of nitrogens with one attached hydrogen (secondary N) is 1. The Morgan fingerprint density at radius 1 is 1.13 bits per heavy atom. The van der Waals surface area contributed by atoms with Crippen LogP contribution in [-0.4, -0.2) is 38.8 Å². The zero-order valence-corrected chi connectivity index (χ0v) is 18.3. The van der Waals surface area contributed by atoms with Gasteiger partial charge in [-0.1, -0.05) is 31.5 Å². The van der Waals surface area contributed by atoms with Gasteiger partial charge < -0.3 is 9.72 Å². The van der Waals surface area contributed by atoms with Crippen LogP contribution in [-0.2, 0) is 14.9 Å². The normalized spacial score (nSPS) is 16.6. The molecule has 0 aliphatic carbocycles. The van der Waals surface area contributed by atoms with Gasteiger partial charge in [-0.15, -0.1) is 0 Å². The lowest BCUT2D eigenvalue weighted by Gasteiger charge is -2.38. The smallest absolute Gasteiger partial charge is 0.199 e. The summed E-state index contributed by atoms with van der Waals surface area (Å²) in [5.74, 6) is 1.16. The van der Waals surface area contributed by atoms with Crippen molar-refractivity contribution in [3.8, 4) is 5.75 Å². The maximum Gasteiger partial charge on any atom is 0.199 e. The van der Waals surface area contributed by atoms with E-state index in [0.29, 0.717) is 36.1 Å². The lowest BCUT2D eigenvalue weighted by Crippen LogP contribution is -2.42. The van der Waals surface area contributed by atoms with Crippen LogP contribution in [0.5, 0.6) is 5.75 Å². The monoisotopic (exact) mass is 426 g/mol. The number of hydrogen-bond donors (Lipinski definition) is 2. The fourth-order valence-corrected chi connectivity index (χ4v) is 6.27. The maximum atomic E-state index is 13.6. The summed E-state index contributed by atoms with van der Waals surface area (Å²) in [5.41, 5.74) is 3.13. The summed E-state index contributed by atoms with van der Waals surface area (Å²) in [6.45, 7) is 4.08. The number of nitrogens with zero attached hydrogens (tertiary/aromatic N) is 1. The summed E-state index contributed by atoms with van der Waals surface area (Å²) in [7, 11) is -3.24. The van der Waals surface area contributed by atoms with Gasteiger partial charge in [-0.25, -0.2) is 4.31 Å². The Balaban J connectivity index is 1.45. The van der Waals surface area contributed by atoms with E-state index in [1.165, 1.54) is 10.9 Å². The Labute approximate surface area is 179 Å². The lowest BCUT2D eigenvalue weighted by atomic mass is 9.90. The molecule has 1 N–H and O–H groups in total. The number of unbranched alkanes of at least 4 members (excludes halogenated alkanes) is 1. The number of H-pyrrole nitrogens is 1. The average Bonchev–Trinajstić information content (AvgIpc) is 3.23. The third kappa shape index (κ3) is 4.07. The van der Waals surface area contributed by atoms with Gasteiger partial charge in [0.15, 0.2) is 5.62 Å². The lowest BCUT2D eigenvalue weighted by molar-refractivity contribution is 0.309. The number of aromatic amines is 1. The second-order valence-corrected chi connectivity index (χ2v) is 10.5. The van der Waals surface area contributed by atoms with Crippen LogP contribution >= 0.6 is 0 Å². The molecule has 30 heavy (non-hydrogen) atoms. The minimum atomic E-state index is -3.24.